The molecule has 0 aromatic heterocycles. The van der Waals surface area contributed by atoms with E-state index >= 15 is 0 Å². The van der Waals surface area contributed by atoms with Crippen molar-refractivity contribution in [1.82, 2.24) is 0 Å². The summed E-state index contributed by atoms with van der Waals surface area (Å²) in [6, 6.07) is 6.48. The van der Waals surface area contributed by atoms with Crippen molar-refractivity contribution in [2.45, 2.75) is 6.61 Å². The molecule has 19 heavy (non-hydrogen) atoms. The molecule has 2 aromatic rings. The molecule has 0 atom stereocenters. The summed E-state index contributed by atoms with van der Waals surface area (Å²) < 4.78 is 31.2. The Hall–Kier alpha value is -1.52. The van der Waals surface area contributed by atoms with Gasteiger partial charge in [0, 0.05) is 5.69 Å². The first-order valence-corrected chi connectivity index (χ1v) is 6.04. The van der Waals surface area contributed by atoms with Crippen LogP contribution in [0, 0.1) is 11.6 Å². The lowest BCUT2D eigenvalue weighted by molar-refractivity contribution is 0.305. The fraction of sp³-hybridized carbons (Fsp3) is 0.0769. The average Bonchev–Trinajstić information content (AvgIpc) is 2.32. The predicted octanol–water partition coefficient (Wildman–Crippen LogP) is 4.43. The summed E-state index contributed by atoms with van der Waals surface area (Å²) in [4.78, 5) is 0. The van der Waals surface area contributed by atoms with Gasteiger partial charge in [-0.2, -0.15) is 0 Å². The van der Waals surface area contributed by atoms with E-state index in [1.807, 2.05) is 0 Å². The van der Waals surface area contributed by atoms with Crippen LogP contribution < -0.4 is 10.5 Å². The Balaban J connectivity index is 2.16. The minimum atomic E-state index is -0.935. The van der Waals surface area contributed by atoms with Crippen molar-refractivity contribution in [2.75, 3.05) is 5.73 Å². The smallest absolute Gasteiger partial charge is 0.159 e. The number of anilines is 1. The maximum absolute atomic E-state index is 13.0. The first-order chi connectivity index (χ1) is 8.97. The standard InChI is InChI=1S/C13H9Cl2F2NO/c14-9-4-8(18)5-10(15)13(9)19-6-7-1-2-11(16)12(17)3-7/h1-5H,6,18H2. The van der Waals surface area contributed by atoms with Crippen molar-refractivity contribution >= 4 is 28.9 Å². The summed E-state index contributed by atoms with van der Waals surface area (Å²) >= 11 is 11.9. The molecule has 2 rings (SSSR count). The van der Waals surface area contributed by atoms with Crippen LogP contribution in [0.15, 0.2) is 30.3 Å². The van der Waals surface area contributed by atoms with Gasteiger partial charge in [0.15, 0.2) is 17.4 Å². The predicted molar refractivity (Wildman–Crippen MR) is 71.6 cm³/mol. The molecule has 0 bridgehead atoms. The summed E-state index contributed by atoms with van der Waals surface area (Å²) in [5, 5.41) is 0.514. The Morgan fingerprint density at radius 1 is 1.00 bits per heavy atom. The molecule has 0 amide bonds. The molecule has 0 saturated heterocycles. The highest BCUT2D eigenvalue weighted by Crippen LogP contribution is 2.35. The summed E-state index contributed by atoms with van der Waals surface area (Å²) in [5.74, 6) is -1.59. The highest BCUT2D eigenvalue weighted by molar-refractivity contribution is 6.37. The van der Waals surface area contributed by atoms with Crippen molar-refractivity contribution in [3.63, 3.8) is 0 Å². The lowest BCUT2D eigenvalue weighted by Gasteiger charge is -2.11. The van der Waals surface area contributed by atoms with E-state index in [2.05, 4.69) is 0 Å². The van der Waals surface area contributed by atoms with Crippen molar-refractivity contribution in [2.24, 2.45) is 0 Å². The number of hydrogen-bond acceptors (Lipinski definition) is 2. The number of benzene rings is 2. The maximum atomic E-state index is 13.0. The molecule has 0 aliphatic heterocycles. The van der Waals surface area contributed by atoms with Crippen molar-refractivity contribution in [3.8, 4) is 5.75 Å². The van der Waals surface area contributed by atoms with Gasteiger partial charge in [0.25, 0.3) is 0 Å². The lowest BCUT2D eigenvalue weighted by Crippen LogP contribution is -1.99. The van der Waals surface area contributed by atoms with Gasteiger partial charge < -0.3 is 10.5 Å². The van der Waals surface area contributed by atoms with Crippen LogP contribution in [0.5, 0.6) is 5.75 Å². The molecule has 2 N–H and O–H groups in total. The Morgan fingerprint density at radius 3 is 2.21 bits per heavy atom. The number of nitrogen functional groups attached to an aromatic ring is 1. The molecule has 2 nitrogen and oxygen atoms in total. The van der Waals surface area contributed by atoms with Gasteiger partial charge in [0.1, 0.15) is 6.61 Å². The first-order valence-electron chi connectivity index (χ1n) is 5.28. The molecule has 100 valence electrons. The molecule has 0 spiro atoms. The van der Waals surface area contributed by atoms with Gasteiger partial charge in [-0.1, -0.05) is 29.3 Å². The van der Waals surface area contributed by atoms with Gasteiger partial charge in [-0.25, -0.2) is 8.78 Å². The lowest BCUT2D eigenvalue weighted by atomic mass is 10.2. The molecule has 2 aromatic carbocycles. The van der Waals surface area contributed by atoms with E-state index < -0.39 is 11.6 Å². The number of hydrogen-bond donors (Lipinski definition) is 1. The SMILES string of the molecule is Nc1cc(Cl)c(OCc2ccc(F)c(F)c2)c(Cl)c1. The van der Waals surface area contributed by atoms with Gasteiger partial charge in [-0.15, -0.1) is 0 Å². The van der Waals surface area contributed by atoms with Crippen LogP contribution in [0.4, 0.5) is 14.5 Å². The van der Waals surface area contributed by atoms with Crippen LogP contribution in [0.2, 0.25) is 10.0 Å². The normalized spacial score (nSPS) is 10.5. The third-order valence-electron chi connectivity index (χ3n) is 2.39. The number of rotatable bonds is 3. The van der Waals surface area contributed by atoms with Crippen LogP contribution >= 0.6 is 23.2 Å². The van der Waals surface area contributed by atoms with Crippen molar-refractivity contribution < 1.29 is 13.5 Å². The molecule has 0 saturated carbocycles. The van der Waals surface area contributed by atoms with Gasteiger partial charge in [0.05, 0.1) is 10.0 Å². The minimum absolute atomic E-state index is 0.0144. The van der Waals surface area contributed by atoms with E-state index in [4.69, 9.17) is 33.7 Å². The Labute approximate surface area is 118 Å². The maximum Gasteiger partial charge on any atom is 0.159 e. The molecule has 0 aliphatic carbocycles. The van der Waals surface area contributed by atoms with E-state index in [0.29, 0.717) is 11.3 Å². The average molecular weight is 304 g/mol. The second-order valence-corrected chi connectivity index (χ2v) is 4.67. The minimum Gasteiger partial charge on any atom is -0.486 e. The quantitative estimate of drug-likeness (QED) is 0.851. The third kappa shape index (κ3) is 3.28. The molecule has 0 aliphatic rings. The highest BCUT2D eigenvalue weighted by atomic mass is 35.5. The largest absolute Gasteiger partial charge is 0.486 e. The van der Waals surface area contributed by atoms with Crippen molar-refractivity contribution in [3.05, 3.63) is 57.6 Å². The molecule has 0 radical (unpaired) electrons. The number of ether oxygens (including phenoxy) is 1. The fourth-order valence-corrected chi connectivity index (χ4v) is 2.12. The highest BCUT2D eigenvalue weighted by Gasteiger charge is 2.10. The zero-order valence-corrected chi connectivity index (χ0v) is 11.1. The monoisotopic (exact) mass is 303 g/mol. The topological polar surface area (TPSA) is 35.2 Å². The van der Waals surface area contributed by atoms with E-state index in [1.54, 1.807) is 0 Å². The summed E-state index contributed by atoms with van der Waals surface area (Å²) in [6.07, 6.45) is 0. The van der Waals surface area contributed by atoms with E-state index in [1.165, 1.54) is 18.2 Å². The number of halogens is 4. The summed E-state index contributed by atoms with van der Waals surface area (Å²) in [5.41, 5.74) is 6.43. The van der Waals surface area contributed by atoms with Gasteiger partial charge in [-0.05, 0) is 29.8 Å². The first kappa shape index (κ1) is 13.9. The summed E-state index contributed by atoms with van der Waals surface area (Å²) in [6.45, 7) is 0.0144. The Morgan fingerprint density at radius 2 is 1.63 bits per heavy atom. The van der Waals surface area contributed by atoms with Gasteiger partial charge in [-0.3, -0.25) is 0 Å². The van der Waals surface area contributed by atoms with E-state index in [9.17, 15) is 8.78 Å². The van der Waals surface area contributed by atoms with E-state index in [-0.39, 0.29) is 22.4 Å². The Bertz CT molecular complexity index is 597. The summed E-state index contributed by atoms with van der Waals surface area (Å²) in [7, 11) is 0. The number of nitrogens with two attached hydrogens (primary N) is 1. The second kappa shape index (κ2) is 5.63. The van der Waals surface area contributed by atoms with Crippen LogP contribution in [-0.4, -0.2) is 0 Å². The van der Waals surface area contributed by atoms with E-state index in [0.717, 1.165) is 12.1 Å². The van der Waals surface area contributed by atoms with Crippen LogP contribution in [0.1, 0.15) is 5.56 Å². The zero-order valence-electron chi connectivity index (χ0n) is 9.59. The molecule has 0 heterocycles. The molecule has 6 heteroatoms. The molecular weight excluding hydrogens is 295 g/mol. The molecular formula is C13H9Cl2F2NO. The molecule has 0 unspecified atom stereocenters. The van der Waals surface area contributed by atoms with Gasteiger partial charge in [0.2, 0.25) is 0 Å². The fourth-order valence-electron chi connectivity index (χ4n) is 1.50. The second-order valence-electron chi connectivity index (χ2n) is 3.85. The van der Waals surface area contributed by atoms with Crippen LogP contribution in [-0.2, 0) is 6.61 Å². The third-order valence-corrected chi connectivity index (χ3v) is 2.95. The van der Waals surface area contributed by atoms with Gasteiger partial charge >= 0.3 is 0 Å². The van der Waals surface area contributed by atoms with Crippen LogP contribution in [0.3, 0.4) is 0 Å². The zero-order chi connectivity index (χ0) is 14.0. The van der Waals surface area contributed by atoms with Crippen LogP contribution in [0.25, 0.3) is 0 Å². The van der Waals surface area contributed by atoms with Crippen molar-refractivity contribution in [1.29, 1.82) is 0 Å². The Kier molecular flexibility index (Phi) is 4.12. The molecule has 0 fully saturated rings.